The zero-order valence-electron chi connectivity index (χ0n) is 14.9. The van der Waals surface area contributed by atoms with Crippen molar-refractivity contribution in [1.82, 2.24) is 0 Å². The lowest BCUT2D eigenvalue weighted by Gasteiger charge is -2.12. The van der Waals surface area contributed by atoms with Gasteiger partial charge in [0.25, 0.3) is 0 Å². The van der Waals surface area contributed by atoms with Gasteiger partial charge in [-0.05, 0) is 74.9 Å². The van der Waals surface area contributed by atoms with Crippen molar-refractivity contribution in [3.63, 3.8) is 0 Å². The van der Waals surface area contributed by atoms with E-state index in [-0.39, 0.29) is 0 Å². The third-order valence-electron chi connectivity index (χ3n) is 4.00. The third-order valence-corrected chi connectivity index (χ3v) is 4.00. The Balaban J connectivity index is 2.94. The van der Waals surface area contributed by atoms with Crippen molar-refractivity contribution < 1.29 is 9.90 Å². The maximum Gasteiger partial charge on any atom is 0.328 e. The molecule has 23 heavy (non-hydrogen) atoms. The molecule has 2 heteroatoms. The summed E-state index contributed by atoms with van der Waals surface area (Å²) in [6.45, 7) is 12.4. The number of hydrogen-bond donors (Lipinski definition) is 1. The van der Waals surface area contributed by atoms with Gasteiger partial charge in [-0.25, -0.2) is 4.79 Å². The topological polar surface area (TPSA) is 37.3 Å². The van der Waals surface area contributed by atoms with Crippen LogP contribution in [0.1, 0.15) is 41.7 Å². The summed E-state index contributed by atoms with van der Waals surface area (Å²) in [6, 6.07) is 2.22. The number of aryl methyl sites for hydroxylation is 2. The van der Waals surface area contributed by atoms with Gasteiger partial charge >= 0.3 is 5.97 Å². The molecule has 0 bridgehead atoms. The lowest BCUT2D eigenvalue weighted by Crippen LogP contribution is -1.94. The molecule has 0 aliphatic carbocycles. The summed E-state index contributed by atoms with van der Waals surface area (Å²) in [5.41, 5.74) is 8.37. The quantitative estimate of drug-likeness (QED) is 0.578. The van der Waals surface area contributed by atoms with Crippen molar-refractivity contribution in [3.8, 4) is 0 Å². The average molecular weight is 310 g/mol. The number of allylic oxidation sites excluding steroid dienone is 6. The van der Waals surface area contributed by atoms with E-state index in [0.29, 0.717) is 5.57 Å². The van der Waals surface area contributed by atoms with Crippen molar-refractivity contribution in [2.75, 3.05) is 0 Å². The molecule has 0 unspecified atom stereocenters. The first-order valence-electron chi connectivity index (χ1n) is 7.74. The van der Waals surface area contributed by atoms with Crippen LogP contribution in [-0.4, -0.2) is 11.1 Å². The van der Waals surface area contributed by atoms with Crippen LogP contribution < -0.4 is 0 Å². The molecule has 0 heterocycles. The Labute approximate surface area is 139 Å². The molecule has 0 aromatic heterocycles. The summed E-state index contributed by atoms with van der Waals surface area (Å²) in [5.74, 6) is -0.923. The van der Waals surface area contributed by atoms with Crippen molar-refractivity contribution in [3.05, 3.63) is 75.4 Å². The average Bonchev–Trinajstić information content (AvgIpc) is 2.44. The second-order valence-electron chi connectivity index (χ2n) is 6.00. The Morgan fingerprint density at radius 3 is 2.22 bits per heavy atom. The van der Waals surface area contributed by atoms with E-state index >= 15 is 0 Å². The van der Waals surface area contributed by atoms with Gasteiger partial charge in [-0.1, -0.05) is 42.0 Å². The molecule has 0 atom stereocenters. The van der Waals surface area contributed by atoms with Crippen molar-refractivity contribution >= 4 is 12.0 Å². The standard InChI is InChI=1S/C21H26O2/c1-14(8-7-9-15(2)12-21(22)23)10-11-20-17(4)13-16(3)18(5)19(20)6/h7-13H,1-6H3,(H,22,23)/b9-7+,11-10+,14-8+,15-12+. The van der Waals surface area contributed by atoms with Crippen LogP contribution in [0.25, 0.3) is 6.08 Å². The van der Waals surface area contributed by atoms with Gasteiger partial charge in [-0.15, -0.1) is 0 Å². The van der Waals surface area contributed by atoms with Crippen LogP contribution >= 0.6 is 0 Å². The monoisotopic (exact) mass is 310 g/mol. The number of rotatable bonds is 5. The van der Waals surface area contributed by atoms with E-state index in [1.54, 1.807) is 13.0 Å². The zero-order valence-corrected chi connectivity index (χ0v) is 14.9. The predicted molar refractivity (Wildman–Crippen MR) is 98.7 cm³/mol. The molecule has 122 valence electrons. The summed E-state index contributed by atoms with van der Waals surface area (Å²) in [7, 11) is 0. The summed E-state index contributed by atoms with van der Waals surface area (Å²) in [5, 5.41) is 8.66. The maximum absolute atomic E-state index is 10.5. The highest BCUT2D eigenvalue weighted by Gasteiger charge is 2.05. The van der Waals surface area contributed by atoms with Crippen LogP contribution in [0.5, 0.6) is 0 Å². The number of carboxylic acids is 1. The van der Waals surface area contributed by atoms with E-state index in [1.807, 2.05) is 19.1 Å². The first-order chi connectivity index (χ1) is 10.7. The van der Waals surface area contributed by atoms with E-state index in [0.717, 1.165) is 5.57 Å². The van der Waals surface area contributed by atoms with Gasteiger partial charge in [0, 0.05) is 6.08 Å². The fourth-order valence-corrected chi connectivity index (χ4v) is 2.43. The molecule has 2 nitrogen and oxygen atoms in total. The zero-order chi connectivity index (χ0) is 17.6. The number of carboxylic acid groups (broad SMARTS) is 1. The molecule has 1 aromatic rings. The second-order valence-corrected chi connectivity index (χ2v) is 6.00. The van der Waals surface area contributed by atoms with Crippen molar-refractivity contribution in [1.29, 1.82) is 0 Å². The van der Waals surface area contributed by atoms with E-state index in [9.17, 15) is 4.79 Å². The molecule has 0 aliphatic heterocycles. The Kier molecular flexibility index (Phi) is 6.77. The van der Waals surface area contributed by atoms with Gasteiger partial charge in [-0.3, -0.25) is 0 Å². The van der Waals surface area contributed by atoms with Crippen LogP contribution in [0.15, 0.2) is 47.6 Å². The molecule has 0 fully saturated rings. The van der Waals surface area contributed by atoms with E-state index in [1.165, 1.54) is 33.9 Å². The van der Waals surface area contributed by atoms with Gasteiger partial charge < -0.3 is 5.11 Å². The molecule has 1 aromatic carbocycles. The Morgan fingerprint density at radius 2 is 1.61 bits per heavy atom. The van der Waals surface area contributed by atoms with E-state index < -0.39 is 5.97 Å². The van der Waals surface area contributed by atoms with E-state index in [4.69, 9.17) is 5.11 Å². The molecule has 0 amide bonds. The van der Waals surface area contributed by atoms with Gasteiger partial charge in [0.2, 0.25) is 0 Å². The maximum atomic E-state index is 10.5. The van der Waals surface area contributed by atoms with Crippen LogP contribution in [0.3, 0.4) is 0 Å². The number of hydrogen-bond acceptors (Lipinski definition) is 1. The molecular formula is C21H26O2. The minimum atomic E-state index is -0.923. The van der Waals surface area contributed by atoms with Crippen LogP contribution in [0, 0.1) is 27.7 Å². The van der Waals surface area contributed by atoms with Crippen LogP contribution in [-0.2, 0) is 4.79 Å². The highest BCUT2D eigenvalue weighted by molar-refractivity contribution is 5.81. The van der Waals surface area contributed by atoms with Gasteiger partial charge in [0.05, 0.1) is 0 Å². The minimum Gasteiger partial charge on any atom is -0.478 e. The van der Waals surface area contributed by atoms with Gasteiger partial charge in [0.1, 0.15) is 0 Å². The summed E-state index contributed by atoms with van der Waals surface area (Å²) in [6.07, 6.45) is 11.1. The second kappa shape index (κ2) is 8.33. The highest BCUT2D eigenvalue weighted by atomic mass is 16.4. The lowest BCUT2D eigenvalue weighted by atomic mass is 9.94. The third kappa shape index (κ3) is 5.74. The largest absolute Gasteiger partial charge is 0.478 e. The SMILES string of the molecule is CC(/C=C/c1c(C)cc(C)c(C)c1C)=C\C=C\C(C)=C\C(=O)O. The van der Waals surface area contributed by atoms with Gasteiger partial charge in [-0.2, -0.15) is 0 Å². The fraction of sp³-hybridized carbons (Fsp3) is 0.286. The Morgan fingerprint density at radius 1 is 0.957 bits per heavy atom. The first kappa shape index (κ1) is 18.7. The number of carbonyl (C=O) groups is 1. The molecule has 0 radical (unpaired) electrons. The van der Waals surface area contributed by atoms with Crippen molar-refractivity contribution in [2.24, 2.45) is 0 Å². The van der Waals surface area contributed by atoms with Crippen LogP contribution in [0.2, 0.25) is 0 Å². The molecule has 1 N–H and O–H groups in total. The summed E-state index contributed by atoms with van der Waals surface area (Å²) >= 11 is 0. The first-order valence-corrected chi connectivity index (χ1v) is 7.74. The highest BCUT2D eigenvalue weighted by Crippen LogP contribution is 2.23. The predicted octanol–water partition coefficient (Wildman–Crippen LogP) is 5.47. The summed E-state index contributed by atoms with van der Waals surface area (Å²) < 4.78 is 0. The molecule has 0 aliphatic rings. The lowest BCUT2D eigenvalue weighted by molar-refractivity contribution is -0.131. The minimum absolute atomic E-state index is 0.714. The van der Waals surface area contributed by atoms with E-state index in [2.05, 4.69) is 45.9 Å². The molecule has 1 rings (SSSR count). The Bertz CT molecular complexity index is 714. The molecule has 0 spiro atoms. The smallest absolute Gasteiger partial charge is 0.328 e. The van der Waals surface area contributed by atoms with Crippen molar-refractivity contribution in [2.45, 2.75) is 41.5 Å². The van der Waals surface area contributed by atoms with Gasteiger partial charge in [0.15, 0.2) is 0 Å². The Hall–Kier alpha value is -2.35. The molecular weight excluding hydrogens is 284 g/mol. The van der Waals surface area contributed by atoms with Crippen LogP contribution in [0.4, 0.5) is 0 Å². The fourth-order valence-electron chi connectivity index (χ4n) is 2.43. The number of benzene rings is 1. The summed E-state index contributed by atoms with van der Waals surface area (Å²) in [4.78, 5) is 10.5. The normalized spacial score (nSPS) is 13.3. The molecule has 0 saturated carbocycles. The molecule has 0 saturated heterocycles. The number of aliphatic carboxylic acids is 1.